The summed E-state index contributed by atoms with van der Waals surface area (Å²) in [6.45, 7) is 0. The van der Waals surface area contributed by atoms with Crippen molar-refractivity contribution < 1.29 is 4.42 Å². The Bertz CT molecular complexity index is 3320. The molecule has 0 radical (unpaired) electrons. The van der Waals surface area contributed by atoms with Crippen molar-refractivity contribution in [2.24, 2.45) is 4.99 Å². The highest BCUT2D eigenvalue weighted by Gasteiger charge is 2.28. The predicted molar refractivity (Wildman–Crippen MR) is 238 cm³/mol. The molecule has 2 N–H and O–H groups in total. The maximum atomic E-state index is 7.14. The SMILES string of the molecule is c1ccc(C2=NC(c3ccccc3)NC(c3cccc4c3oc3c(-c5cccc6sc7cccc(-n8c9ccccc9c9ccccc98)c7c56)cccc34)N2)cc1. The van der Waals surface area contributed by atoms with Gasteiger partial charge < -0.3 is 14.3 Å². The number of para-hydroxylation sites is 4. The summed E-state index contributed by atoms with van der Waals surface area (Å²) in [5.74, 6) is 0.845. The summed E-state index contributed by atoms with van der Waals surface area (Å²) < 4.78 is 12.1. The van der Waals surface area contributed by atoms with Crippen LogP contribution in [0.3, 0.4) is 0 Å². The molecule has 3 aromatic heterocycles. The molecule has 0 bridgehead atoms. The van der Waals surface area contributed by atoms with E-state index in [1.807, 2.05) is 23.5 Å². The van der Waals surface area contributed by atoms with Crippen LogP contribution in [-0.2, 0) is 0 Å². The van der Waals surface area contributed by atoms with Gasteiger partial charge in [0.15, 0.2) is 0 Å². The van der Waals surface area contributed by atoms with Crippen molar-refractivity contribution in [3.05, 3.63) is 199 Å². The number of rotatable bonds is 5. The summed E-state index contributed by atoms with van der Waals surface area (Å²) in [4.78, 5) is 5.15. The molecule has 0 amide bonds. The maximum Gasteiger partial charge on any atom is 0.143 e. The third-order valence-corrected chi connectivity index (χ3v) is 12.6. The third kappa shape index (κ3) is 5.01. The molecular formula is C51H34N4OS. The lowest BCUT2D eigenvalue weighted by atomic mass is 9.96. The van der Waals surface area contributed by atoms with E-state index in [4.69, 9.17) is 9.41 Å². The molecule has 1 aliphatic rings. The van der Waals surface area contributed by atoms with E-state index < -0.39 is 0 Å². The van der Waals surface area contributed by atoms with Crippen molar-refractivity contribution in [2.75, 3.05) is 0 Å². The van der Waals surface area contributed by atoms with E-state index in [2.05, 4.69) is 185 Å². The highest BCUT2D eigenvalue weighted by molar-refractivity contribution is 7.26. The van der Waals surface area contributed by atoms with Gasteiger partial charge in [0.1, 0.15) is 29.3 Å². The first kappa shape index (κ1) is 32.3. The Morgan fingerprint density at radius 2 is 1.11 bits per heavy atom. The summed E-state index contributed by atoms with van der Waals surface area (Å²) in [7, 11) is 0. The van der Waals surface area contributed by atoms with Crippen molar-refractivity contribution in [3.8, 4) is 16.8 Å². The van der Waals surface area contributed by atoms with Gasteiger partial charge in [-0.3, -0.25) is 5.32 Å². The monoisotopic (exact) mass is 750 g/mol. The minimum Gasteiger partial charge on any atom is -0.455 e. The van der Waals surface area contributed by atoms with E-state index in [-0.39, 0.29) is 12.3 Å². The van der Waals surface area contributed by atoms with Crippen LogP contribution in [0.1, 0.15) is 29.0 Å². The molecule has 4 heterocycles. The van der Waals surface area contributed by atoms with Gasteiger partial charge in [-0.1, -0.05) is 152 Å². The lowest BCUT2D eigenvalue weighted by molar-refractivity contribution is 0.408. The van der Waals surface area contributed by atoms with Crippen molar-refractivity contribution in [1.82, 2.24) is 15.2 Å². The summed E-state index contributed by atoms with van der Waals surface area (Å²) in [5, 5.41) is 14.7. The number of hydrogen-bond donors (Lipinski definition) is 2. The smallest absolute Gasteiger partial charge is 0.143 e. The van der Waals surface area contributed by atoms with Crippen molar-refractivity contribution in [1.29, 1.82) is 0 Å². The summed E-state index contributed by atoms with van der Waals surface area (Å²) in [5.41, 5.74) is 10.8. The van der Waals surface area contributed by atoms with E-state index in [1.54, 1.807) is 0 Å². The largest absolute Gasteiger partial charge is 0.455 e. The van der Waals surface area contributed by atoms with E-state index in [0.29, 0.717) is 0 Å². The van der Waals surface area contributed by atoms with Crippen LogP contribution in [0.15, 0.2) is 191 Å². The van der Waals surface area contributed by atoms with E-state index >= 15 is 0 Å². The number of aromatic nitrogens is 1. The maximum absolute atomic E-state index is 7.14. The number of aliphatic imine (C=N–C) groups is 1. The number of hydrogen-bond acceptors (Lipinski definition) is 5. The Balaban J connectivity index is 1.06. The average molecular weight is 751 g/mol. The summed E-state index contributed by atoms with van der Waals surface area (Å²) >= 11 is 1.85. The minimum absolute atomic E-state index is 0.240. The van der Waals surface area contributed by atoms with Gasteiger partial charge in [0.25, 0.3) is 0 Å². The fraction of sp³-hybridized carbons (Fsp3) is 0.0392. The van der Waals surface area contributed by atoms with E-state index in [0.717, 1.165) is 55.6 Å². The van der Waals surface area contributed by atoms with Gasteiger partial charge in [-0.15, -0.1) is 11.3 Å². The molecule has 0 saturated carbocycles. The third-order valence-electron chi connectivity index (χ3n) is 11.5. The van der Waals surface area contributed by atoms with Crippen molar-refractivity contribution in [3.63, 3.8) is 0 Å². The van der Waals surface area contributed by atoms with Gasteiger partial charge in [0, 0.05) is 58.4 Å². The summed E-state index contributed by atoms with van der Waals surface area (Å²) in [6, 6.07) is 64.8. The van der Waals surface area contributed by atoms with Crippen LogP contribution in [-0.4, -0.2) is 10.4 Å². The van der Waals surface area contributed by atoms with Crippen molar-refractivity contribution >= 4 is 81.1 Å². The van der Waals surface area contributed by atoms with E-state index in [9.17, 15) is 0 Å². The Morgan fingerprint density at radius 3 is 1.88 bits per heavy atom. The van der Waals surface area contributed by atoms with Crippen LogP contribution in [0.4, 0.5) is 0 Å². The molecule has 0 aliphatic carbocycles. The molecule has 12 rings (SSSR count). The van der Waals surface area contributed by atoms with Gasteiger partial charge >= 0.3 is 0 Å². The lowest BCUT2D eigenvalue weighted by Crippen LogP contribution is -2.45. The van der Waals surface area contributed by atoms with Crippen LogP contribution in [0.5, 0.6) is 0 Å². The molecule has 2 atom stereocenters. The van der Waals surface area contributed by atoms with Crippen LogP contribution in [0.2, 0.25) is 0 Å². The molecule has 0 spiro atoms. The molecule has 11 aromatic rings. The zero-order valence-corrected chi connectivity index (χ0v) is 31.5. The lowest BCUT2D eigenvalue weighted by Gasteiger charge is -2.32. The zero-order chi connectivity index (χ0) is 37.5. The van der Waals surface area contributed by atoms with Crippen LogP contribution < -0.4 is 10.6 Å². The van der Waals surface area contributed by atoms with Crippen LogP contribution in [0.25, 0.3) is 80.7 Å². The Kier molecular flexibility index (Phi) is 7.24. The summed E-state index contributed by atoms with van der Waals surface area (Å²) in [6.07, 6.45) is -0.496. The highest BCUT2D eigenvalue weighted by atomic mass is 32.1. The van der Waals surface area contributed by atoms with Gasteiger partial charge in [-0.25, -0.2) is 4.99 Å². The molecule has 6 heteroatoms. The number of furan rings is 1. The Hall–Kier alpha value is -6.99. The number of nitrogens with one attached hydrogen (secondary N) is 2. The molecule has 8 aromatic carbocycles. The first-order chi connectivity index (χ1) is 28.3. The number of benzene rings is 8. The Labute approximate surface area is 332 Å². The molecule has 0 fully saturated rings. The number of amidine groups is 1. The Morgan fingerprint density at radius 1 is 0.509 bits per heavy atom. The fourth-order valence-corrected chi connectivity index (χ4v) is 10.1. The second-order valence-corrected chi connectivity index (χ2v) is 15.8. The minimum atomic E-state index is -0.256. The molecule has 57 heavy (non-hydrogen) atoms. The predicted octanol–water partition coefficient (Wildman–Crippen LogP) is 13.1. The molecule has 0 saturated heterocycles. The van der Waals surface area contributed by atoms with Crippen molar-refractivity contribution in [2.45, 2.75) is 12.3 Å². The molecule has 2 unspecified atom stereocenters. The standard InChI is InChI=1S/C51H34N4OS/c1-3-15-31(16-4-1)49-52-50(32-17-5-2-6-18-32)54-51(53-49)39-25-12-24-38-37-23-11-22-36(47(37)56-48(38)39)35-21-13-29-43-45(35)46-42(28-14-30-44(46)57-43)55-40-26-9-7-19-33(40)34-20-8-10-27-41(34)55/h1-30,49,51,53H,(H,52,54). The van der Waals surface area contributed by atoms with Gasteiger partial charge in [-0.05, 0) is 41.5 Å². The number of thiophene rings is 1. The first-order valence-electron chi connectivity index (χ1n) is 19.4. The quantitative estimate of drug-likeness (QED) is 0.184. The molecular weight excluding hydrogens is 717 g/mol. The van der Waals surface area contributed by atoms with E-state index in [1.165, 1.54) is 47.7 Å². The number of fused-ring (bicyclic) bond motifs is 9. The van der Waals surface area contributed by atoms with Gasteiger partial charge in [0.05, 0.1) is 16.7 Å². The average Bonchev–Trinajstić information content (AvgIpc) is 3.97. The van der Waals surface area contributed by atoms with Crippen LogP contribution in [0, 0.1) is 0 Å². The topological polar surface area (TPSA) is 54.5 Å². The normalized spacial score (nSPS) is 15.9. The molecule has 1 aliphatic heterocycles. The highest BCUT2D eigenvalue weighted by Crippen LogP contribution is 2.47. The molecule has 270 valence electrons. The second-order valence-electron chi connectivity index (χ2n) is 14.7. The van der Waals surface area contributed by atoms with Gasteiger partial charge in [-0.2, -0.15) is 0 Å². The number of nitrogens with zero attached hydrogens (tertiary/aromatic N) is 2. The first-order valence-corrected chi connectivity index (χ1v) is 20.2. The second kappa shape index (κ2) is 12.8. The van der Waals surface area contributed by atoms with Gasteiger partial charge in [0.2, 0.25) is 0 Å². The van der Waals surface area contributed by atoms with Crippen LogP contribution >= 0.6 is 11.3 Å². The fourth-order valence-electron chi connectivity index (χ4n) is 8.99. The zero-order valence-electron chi connectivity index (χ0n) is 30.7. The molecule has 5 nitrogen and oxygen atoms in total.